The first-order chi connectivity index (χ1) is 6.02. The van der Waals surface area contributed by atoms with Crippen molar-refractivity contribution in [1.82, 2.24) is 0 Å². The molecule has 0 saturated heterocycles. The van der Waals surface area contributed by atoms with Gasteiger partial charge in [0.05, 0.1) is 0 Å². The number of rotatable bonds is 2. The van der Waals surface area contributed by atoms with Crippen molar-refractivity contribution < 1.29 is 9.50 Å². The molecule has 1 unspecified atom stereocenters. The van der Waals surface area contributed by atoms with E-state index in [1.807, 2.05) is 22.6 Å². The Bertz CT molecular complexity index is 336. The molecule has 70 valence electrons. The third-order valence-corrected chi connectivity index (χ3v) is 2.66. The van der Waals surface area contributed by atoms with Crippen LogP contribution < -0.4 is 0 Å². The maximum absolute atomic E-state index is 12.7. The van der Waals surface area contributed by atoms with E-state index in [-0.39, 0.29) is 5.82 Å². The largest absolute Gasteiger partial charge is 0.384 e. The minimum atomic E-state index is -0.701. The van der Waals surface area contributed by atoms with Crippen molar-refractivity contribution in [3.63, 3.8) is 0 Å². The first-order valence-electron chi connectivity index (χ1n) is 3.81. The molecule has 0 spiro atoms. The second-order valence-electron chi connectivity index (χ2n) is 2.91. The molecule has 0 radical (unpaired) electrons. The van der Waals surface area contributed by atoms with E-state index in [9.17, 15) is 9.50 Å². The zero-order valence-corrected chi connectivity index (χ0v) is 9.38. The Morgan fingerprint density at radius 3 is 2.69 bits per heavy atom. The molecule has 0 bridgehead atoms. The predicted molar refractivity (Wildman–Crippen MR) is 58.9 cm³/mol. The summed E-state index contributed by atoms with van der Waals surface area (Å²) >= 11 is 1.99. The summed E-state index contributed by atoms with van der Waals surface area (Å²) in [5, 5.41) is 9.64. The molecule has 1 aromatic carbocycles. The van der Waals surface area contributed by atoms with Crippen LogP contribution in [0.1, 0.15) is 18.6 Å². The summed E-state index contributed by atoms with van der Waals surface area (Å²) in [5.41, 5.74) is 1.36. The van der Waals surface area contributed by atoms with Crippen molar-refractivity contribution >= 4 is 22.6 Å². The summed E-state index contributed by atoms with van der Waals surface area (Å²) in [6.45, 7) is 5.39. The van der Waals surface area contributed by atoms with Crippen molar-refractivity contribution in [1.29, 1.82) is 0 Å². The highest BCUT2D eigenvalue weighted by atomic mass is 127. The van der Waals surface area contributed by atoms with E-state index in [4.69, 9.17) is 0 Å². The van der Waals surface area contributed by atoms with Crippen LogP contribution in [0.4, 0.5) is 4.39 Å². The first-order valence-corrected chi connectivity index (χ1v) is 4.88. The molecule has 0 aliphatic carbocycles. The number of aliphatic hydroxyl groups excluding tert-OH is 1. The summed E-state index contributed by atoms with van der Waals surface area (Å²) < 4.78 is 13.4. The van der Waals surface area contributed by atoms with E-state index in [1.54, 1.807) is 13.0 Å². The summed E-state index contributed by atoms with van der Waals surface area (Å²) in [4.78, 5) is 0. The molecule has 0 aromatic heterocycles. The molecular weight excluding hydrogens is 282 g/mol. The normalized spacial score (nSPS) is 12.6. The number of halogens is 2. The molecular formula is C10H10FIO. The van der Waals surface area contributed by atoms with Gasteiger partial charge in [0.15, 0.2) is 0 Å². The van der Waals surface area contributed by atoms with Crippen molar-refractivity contribution in [3.8, 4) is 0 Å². The molecule has 0 saturated carbocycles. The second-order valence-corrected chi connectivity index (χ2v) is 4.08. The number of aliphatic hydroxyl groups is 1. The molecule has 1 aromatic rings. The quantitative estimate of drug-likeness (QED) is 0.656. The Kier molecular flexibility index (Phi) is 3.44. The second kappa shape index (κ2) is 4.19. The molecule has 0 fully saturated rings. The van der Waals surface area contributed by atoms with Gasteiger partial charge in [0.25, 0.3) is 0 Å². The van der Waals surface area contributed by atoms with Crippen LogP contribution in [0.25, 0.3) is 0 Å². The third kappa shape index (κ3) is 2.51. The monoisotopic (exact) mass is 292 g/mol. The van der Waals surface area contributed by atoms with Gasteiger partial charge in [-0.15, -0.1) is 0 Å². The highest BCUT2D eigenvalue weighted by Crippen LogP contribution is 2.25. The average Bonchev–Trinajstić information content (AvgIpc) is 2.03. The van der Waals surface area contributed by atoms with Gasteiger partial charge in [-0.2, -0.15) is 0 Å². The van der Waals surface area contributed by atoms with E-state index >= 15 is 0 Å². The van der Waals surface area contributed by atoms with Crippen molar-refractivity contribution in [2.75, 3.05) is 0 Å². The minimum absolute atomic E-state index is 0.290. The van der Waals surface area contributed by atoms with Crippen LogP contribution in [0.2, 0.25) is 0 Å². The fourth-order valence-corrected chi connectivity index (χ4v) is 1.76. The Labute approximate surface area is 90.4 Å². The lowest BCUT2D eigenvalue weighted by atomic mass is 10.0. The summed E-state index contributed by atoms with van der Waals surface area (Å²) in [6, 6.07) is 4.31. The maximum Gasteiger partial charge on any atom is 0.124 e. The molecule has 0 heterocycles. The highest BCUT2D eigenvalue weighted by molar-refractivity contribution is 14.1. The van der Waals surface area contributed by atoms with E-state index < -0.39 is 6.10 Å². The van der Waals surface area contributed by atoms with Crippen molar-refractivity contribution in [2.24, 2.45) is 0 Å². The van der Waals surface area contributed by atoms with E-state index in [0.29, 0.717) is 14.7 Å². The first kappa shape index (κ1) is 10.7. The van der Waals surface area contributed by atoms with Gasteiger partial charge in [0.2, 0.25) is 0 Å². The average molecular weight is 292 g/mol. The molecule has 0 aliphatic heterocycles. The highest BCUT2D eigenvalue weighted by Gasteiger charge is 2.11. The summed E-state index contributed by atoms with van der Waals surface area (Å²) in [7, 11) is 0. The molecule has 1 rings (SSSR count). The lowest BCUT2D eigenvalue weighted by Gasteiger charge is -2.12. The van der Waals surface area contributed by atoms with Gasteiger partial charge in [-0.3, -0.25) is 0 Å². The molecule has 1 atom stereocenters. The fraction of sp³-hybridized carbons (Fsp3) is 0.200. The topological polar surface area (TPSA) is 20.2 Å². The zero-order chi connectivity index (χ0) is 10.0. The zero-order valence-electron chi connectivity index (χ0n) is 7.22. The van der Waals surface area contributed by atoms with Crippen LogP contribution in [0, 0.1) is 9.39 Å². The number of benzene rings is 1. The van der Waals surface area contributed by atoms with E-state index in [0.717, 1.165) is 0 Å². The van der Waals surface area contributed by atoms with Gasteiger partial charge < -0.3 is 5.11 Å². The van der Waals surface area contributed by atoms with Gasteiger partial charge in [0.1, 0.15) is 11.9 Å². The SMILES string of the molecule is C=C(C)C(O)c1ccc(F)cc1I. The third-order valence-electron chi connectivity index (χ3n) is 1.72. The Balaban J connectivity index is 3.08. The van der Waals surface area contributed by atoms with Crippen LogP contribution in [0.15, 0.2) is 30.4 Å². The smallest absolute Gasteiger partial charge is 0.124 e. The van der Waals surface area contributed by atoms with Crippen LogP contribution >= 0.6 is 22.6 Å². The molecule has 1 nitrogen and oxygen atoms in total. The van der Waals surface area contributed by atoms with E-state index in [1.165, 1.54) is 12.1 Å². The Morgan fingerprint density at radius 1 is 1.62 bits per heavy atom. The van der Waals surface area contributed by atoms with Crippen LogP contribution in [-0.2, 0) is 0 Å². The van der Waals surface area contributed by atoms with Crippen LogP contribution in [0.5, 0.6) is 0 Å². The Morgan fingerprint density at radius 2 is 2.23 bits per heavy atom. The van der Waals surface area contributed by atoms with Crippen LogP contribution in [0.3, 0.4) is 0 Å². The van der Waals surface area contributed by atoms with Gasteiger partial charge in [-0.1, -0.05) is 12.6 Å². The lowest BCUT2D eigenvalue weighted by molar-refractivity contribution is 0.215. The molecule has 0 aliphatic rings. The standard InChI is InChI=1S/C10H10FIO/c1-6(2)10(13)8-4-3-7(11)5-9(8)12/h3-5,10,13H,1H2,2H3. The predicted octanol–water partition coefficient (Wildman–Crippen LogP) is 3.04. The van der Waals surface area contributed by atoms with Gasteiger partial charge in [-0.05, 0) is 52.8 Å². The molecule has 3 heteroatoms. The molecule has 1 N–H and O–H groups in total. The number of hydrogen-bond donors (Lipinski definition) is 1. The maximum atomic E-state index is 12.7. The van der Waals surface area contributed by atoms with Gasteiger partial charge in [0, 0.05) is 3.57 Å². The van der Waals surface area contributed by atoms with Crippen molar-refractivity contribution in [3.05, 3.63) is 45.3 Å². The molecule has 0 amide bonds. The van der Waals surface area contributed by atoms with Crippen molar-refractivity contribution in [2.45, 2.75) is 13.0 Å². The number of hydrogen-bond acceptors (Lipinski definition) is 1. The molecule has 13 heavy (non-hydrogen) atoms. The summed E-state index contributed by atoms with van der Waals surface area (Å²) in [6.07, 6.45) is -0.701. The summed E-state index contributed by atoms with van der Waals surface area (Å²) in [5.74, 6) is -0.290. The lowest BCUT2D eigenvalue weighted by Crippen LogP contribution is -2.00. The van der Waals surface area contributed by atoms with Gasteiger partial charge >= 0.3 is 0 Å². The fourth-order valence-electron chi connectivity index (χ4n) is 0.989. The Hall–Kier alpha value is -0.420. The van der Waals surface area contributed by atoms with Crippen LogP contribution in [-0.4, -0.2) is 5.11 Å². The van der Waals surface area contributed by atoms with Gasteiger partial charge in [-0.25, -0.2) is 4.39 Å². The minimum Gasteiger partial charge on any atom is -0.384 e. The van der Waals surface area contributed by atoms with E-state index in [2.05, 4.69) is 6.58 Å².